The van der Waals surface area contributed by atoms with Crippen molar-refractivity contribution in [1.82, 2.24) is 4.90 Å². The van der Waals surface area contributed by atoms with Gasteiger partial charge in [-0.05, 0) is 56.5 Å². The van der Waals surface area contributed by atoms with E-state index in [1.165, 1.54) is 18.4 Å². The van der Waals surface area contributed by atoms with E-state index in [4.69, 9.17) is 9.84 Å². The van der Waals surface area contributed by atoms with Crippen molar-refractivity contribution in [1.29, 1.82) is 0 Å². The summed E-state index contributed by atoms with van der Waals surface area (Å²) in [5.41, 5.74) is 1.18. The third kappa shape index (κ3) is 5.05. The van der Waals surface area contributed by atoms with E-state index >= 15 is 0 Å². The molecule has 116 valence electrons. The number of benzene rings is 1. The van der Waals surface area contributed by atoms with Gasteiger partial charge in [0.2, 0.25) is 0 Å². The lowest BCUT2D eigenvalue weighted by Crippen LogP contribution is -2.36. The van der Waals surface area contributed by atoms with Crippen LogP contribution in [-0.4, -0.2) is 41.7 Å². The molecule has 1 atom stereocenters. The maximum atomic E-state index is 11.1. The average Bonchev–Trinajstić information content (AvgIpc) is 2.99. The third-order valence-corrected chi connectivity index (χ3v) is 3.93. The van der Waals surface area contributed by atoms with Crippen LogP contribution in [0.2, 0.25) is 0 Å². The molecule has 4 nitrogen and oxygen atoms in total. The van der Waals surface area contributed by atoms with Crippen molar-refractivity contribution >= 4 is 5.97 Å². The number of ether oxygens (including phenoxy) is 1. The van der Waals surface area contributed by atoms with Crippen LogP contribution in [0.5, 0.6) is 5.75 Å². The Bertz CT molecular complexity index is 438. The van der Waals surface area contributed by atoms with Crippen LogP contribution in [0.15, 0.2) is 24.3 Å². The van der Waals surface area contributed by atoms with Crippen molar-refractivity contribution in [3.05, 3.63) is 29.8 Å². The molecule has 0 aromatic heterocycles. The Labute approximate surface area is 126 Å². The summed E-state index contributed by atoms with van der Waals surface area (Å²) in [4.78, 5) is 13.4. The Kier molecular flexibility index (Phi) is 6.05. The largest absolute Gasteiger partial charge is 0.494 e. The van der Waals surface area contributed by atoms with Crippen LogP contribution in [0.4, 0.5) is 0 Å². The first-order valence-corrected chi connectivity index (χ1v) is 7.86. The fraction of sp³-hybridized carbons (Fsp3) is 0.588. The van der Waals surface area contributed by atoms with Gasteiger partial charge in [0.25, 0.3) is 0 Å². The second kappa shape index (κ2) is 8.03. The minimum Gasteiger partial charge on any atom is -0.494 e. The number of nitrogens with zero attached hydrogens (tertiary/aromatic N) is 1. The number of carbonyl (C=O) groups is 1. The minimum atomic E-state index is -0.713. The van der Waals surface area contributed by atoms with Crippen molar-refractivity contribution in [2.75, 3.05) is 19.7 Å². The van der Waals surface area contributed by atoms with Crippen LogP contribution in [0, 0.1) is 0 Å². The summed E-state index contributed by atoms with van der Waals surface area (Å²) in [5, 5.41) is 9.12. The molecule has 1 aromatic carbocycles. The fourth-order valence-corrected chi connectivity index (χ4v) is 2.85. The fourth-order valence-electron chi connectivity index (χ4n) is 2.85. The number of hydrogen-bond donors (Lipinski definition) is 1. The molecule has 0 saturated carbocycles. The molecule has 1 aliphatic rings. The van der Waals surface area contributed by atoms with Gasteiger partial charge in [-0.2, -0.15) is 0 Å². The number of aliphatic carboxylic acids is 1. The smallest absolute Gasteiger partial charge is 0.304 e. The molecule has 0 aliphatic carbocycles. The van der Waals surface area contributed by atoms with E-state index in [2.05, 4.69) is 24.0 Å². The molecule has 1 fully saturated rings. The first kappa shape index (κ1) is 15.8. The highest BCUT2D eigenvalue weighted by Crippen LogP contribution is 2.20. The molecule has 0 amide bonds. The van der Waals surface area contributed by atoms with E-state index in [0.29, 0.717) is 0 Å². The highest BCUT2D eigenvalue weighted by molar-refractivity contribution is 5.67. The number of hydrogen-bond acceptors (Lipinski definition) is 3. The molecule has 0 spiro atoms. The molecular formula is C17H25NO3. The van der Waals surface area contributed by atoms with E-state index < -0.39 is 5.97 Å². The number of carboxylic acid groups (broad SMARTS) is 1. The zero-order chi connectivity index (χ0) is 15.1. The Morgan fingerprint density at radius 1 is 1.29 bits per heavy atom. The predicted octanol–water partition coefficient (Wildman–Crippen LogP) is 2.96. The Balaban J connectivity index is 1.96. The van der Waals surface area contributed by atoms with Gasteiger partial charge in [-0.1, -0.05) is 19.1 Å². The second-order valence-corrected chi connectivity index (χ2v) is 5.69. The van der Waals surface area contributed by atoms with E-state index in [-0.39, 0.29) is 12.5 Å². The summed E-state index contributed by atoms with van der Waals surface area (Å²) < 4.78 is 5.57. The first-order chi connectivity index (χ1) is 10.2. The van der Waals surface area contributed by atoms with Crippen LogP contribution >= 0.6 is 0 Å². The van der Waals surface area contributed by atoms with Crippen LogP contribution in [0.25, 0.3) is 0 Å². The van der Waals surface area contributed by atoms with E-state index in [1.807, 2.05) is 12.1 Å². The zero-order valence-corrected chi connectivity index (χ0v) is 12.8. The van der Waals surface area contributed by atoms with Crippen molar-refractivity contribution in [3.63, 3.8) is 0 Å². The van der Waals surface area contributed by atoms with Crippen molar-refractivity contribution in [2.45, 2.75) is 45.1 Å². The molecule has 1 unspecified atom stereocenters. The summed E-state index contributed by atoms with van der Waals surface area (Å²) in [5.74, 6) is 0.173. The van der Waals surface area contributed by atoms with Gasteiger partial charge in [0.15, 0.2) is 0 Å². The molecule has 1 aliphatic heterocycles. The van der Waals surface area contributed by atoms with Crippen molar-refractivity contribution in [3.8, 4) is 5.75 Å². The monoisotopic (exact) mass is 291 g/mol. The van der Waals surface area contributed by atoms with Crippen molar-refractivity contribution in [2.24, 2.45) is 0 Å². The quantitative estimate of drug-likeness (QED) is 0.800. The Morgan fingerprint density at radius 3 is 2.52 bits per heavy atom. The SMILES string of the molecule is CCCOc1ccc(CC(CC(=O)O)N2CCCC2)cc1. The molecule has 2 rings (SSSR count). The highest BCUT2D eigenvalue weighted by Gasteiger charge is 2.24. The number of rotatable bonds is 8. The third-order valence-electron chi connectivity index (χ3n) is 3.93. The number of carboxylic acids is 1. The van der Waals surface area contributed by atoms with Gasteiger partial charge in [0.1, 0.15) is 5.75 Å². The van der Waals surface area contributed by atoms with Gasteiger partial charge in [-0.15, -0.1) is 0 Å². The maximum Gasteiger partial charge on any atom is 0.304 e. The second-order valence-electron chi connectivity index (χ2n) is 5.69. The summed E-state index contributed by atoms with van der Waals surface area (Å²) >= 11 is 0. The minimum absolute atomic E-state index is 0.104. The van der Waals surface area contributed by atoms with Crippen LogP contribution in [0.3, 0.4) is 0 Å². The average molecular weight is 291 g/mol. The van der Waals surface area contributed by atoms with Gasteiger partial charge in [-0.25, -0.2) is 0 Å². The van der Waals surface area contributed by atoms with Gasteiger partial charge in [-0.3, -0.25) is 9.69 Å². The van der Waals surface area contributed by atoms with Gasteiger partial charge in [0.05, 0.1) is 13.0 Å². The normalized spacial score (nSPS) is 16.8. The van der Waals surface area contributed by atoms with Crippen molar-refractivity contribution < 1.29 is 14.6 Å². The molecule has 0 radical (unpaired) electrons. The lowest BCUT2D eigenvalue weighted by molar-refractivity contribution is -0.138. The van der Waals surface area contributed by atoms with E-state index in [9.17, 15) is 4.79 Å². The van der Waals surface area contributed by atoms with Gasteiger partial charge >= 0.3 is 5.97 Å². The molecule has 21 heavy (non-hydrogen) atoms. The maximum absolute atomic E-state index is 11.1. The zero-order valence-electron chi connectivity index (χ0n) is 12.8. The van der Waals surface area contributed by atoms with Gasteiger partial charge in [0, 0.05) is 6.04 Å². The predicted molar refractivity (Wildman–Crippen MR) is 82.8 cm³/mol. The molecule has 1 N–H and O–H groups in total. The van der Waals surface area contributed by atoms with Gasteiger partial charge < -0.3 is 9.84 Å². The van der Waals surface area contributed by atoms with Crippen LogP contribution in [-0.2, 0) is 11.2 Å². The lowest BCUT2D eigenvalue weighted by Gasteiger charge is -2.26. The molecule has 1 aromatic rings. The summed E-state index contributed by atoms with van der Waals surface area (Å²) in [6.45, 7) is 4.86. The first-order valence-electron chi connectivity index (χ1n) is 7.86. The summed E-state index contributed by atoms with van der Waals surface area (Å²) in [6.07, 6.45) is 4.37. The van der Waals surface area contributed by atoms with Crippen LogP contribution in [0.1, 0.15) is 38.2 Å². The lowest BCUT2D eigenvalue weighted by atomic mass is 10.0. The molecule has 4 heteroatoms. The topological polar surface area (TPSA) is 49.8 Å². The molecular weight excluding hydrogens is 266 g/mol. The molecule has 1 saturated heterocycles. The summed E-state index contributed by atoms with van der Waals surface area (Å²) in [6, 6.07) is 8.17. The Morgan fingerprint density at radius 2 is 1.95 bits per heavy atom. The summed E-state index contributed by atoms with van der Waals surface area (Å²) in [7, 11) is 0. The van der Waals surface area contributed by atoms with Crippen LogP contribution < -0.4 is 4.74 Å². The van der Waals surface area contributed by atoms with E-state index in [0.717, 1.165) is 38.3 Å². The number of likely N-dealkylation sites (tertiary alicyclic amines) is 1. The standard InChI is InChI=1S/C17H25NO3/c1-2-11-21-16-7-5-14(6-8-16)12-15(13-17(19)20)18-9-3-4-10-18/h5-8,15H,2-4,9-13H2,1H3,(H,19,20). The molecule has 0 bridgehead atoms. The van der Waals surface area contributed by atoms with E-state index in [1.54, 1.807) is 0 Å². The highest BCUT2D eigenvalue weighted by atomic mass is 16.5. The molecule has 1 heterocycles. The Hall–Kier alpha value is -1.55.